The average Bonchev–Trinajstić information content (AvgIpc) is 2.97. The number of hydrogen-bond donors (Lipinski definition) is 1. The first kappa shape index (κ1) is 18.0. The van der Waals surface area contributed by atoms with Crippen LogP contribution in [0.4, 0.5) is 13.2 Å². The van der Waals surface area contributed by atoms with Crippen LogP contribution in [0.25, 0.3) is 0 Å². The van der Waals surface area contributed by atoms with Crippen LogP contribution in [0.3, 0.4) is 0 Å². The molecule has 1 aliphatic rings. The van der Waals surface area contributed by atoms with E-state index < -0.39 is 26.5 Å². The molecule has 1 aromatic carbocycles. The van der Waals surface area contributed by atoms with E-state index in [2.05, 4.69) is 4.98 Å². The molecule has 7 heteroatoms. The van der Waals surface area contributed by atoms with Gasteiger partial charge in [0.2, 0.25) is 0 Å². The minimum Gasteiger partial charge on any atom is -0.364 e. The lowest BCUT2D eigenvalue weighted by atomic mass is 9.76. The Balaban J connectivity index is 2.07. The smallest absolute Gasteiger partial charge is 0.364 e. The minimum absolute atomic E-state index is 0.199. The van der Waals surface area contributed by atoms with Gasteiger partial charge < -0.3 is 4.98 Å². The third kappa shape index (κ3) is 3.92. The summed E-state index contributed by atoms with van der Waals surface area (Å²) in [5, 5.41) is 0. The van der Waals surface area contributed by atoms with Crippen LogP contribution in [-0.4, -0.2) is 19.7 Å². The van der Waals surface area contributed by atoms with Crippen molar-refractivity contribution in [2.75, 3.05) is 6.26 Å². The Bertz CT molecular complexity index is 838. The van der Waals surface area contributed by atoms with Gasteiger partial charge in [0.1, 0.15) is 0 Å². The number of H-pyrrole nitrogens is 1. The van der Waals surface area contributed by atoms with Crippen LogP contribution in [-0.2, 0) is 16.0 Å². The van der Waals surface area contributed by atoms with Crippen LogP contribution in [0.5, 0.6) is 0 Å². The van der Waals surface area contributed by atoms with Crippen molar-refractivity contribution in [1.29, 1.82) is 0 Å². The summed E-state index contributed by atoms with van der Waals surface area (Å²) < 4.78 is 63.8. The van der Waals surface area contributed by atoms with E-state index in [-0.39, 0.29) is 5.92 Å². The second kappa shape index (κ2) is 6.52. The maximum Gasteiger partial charge on any atom is 0.417 e. The summed E-state index contributed by atoms with van der Waals surface area (Å²) in [6.07, 6.45) is 1.92. The molecule has 1 N–H and O–H groups in total. The predicted molar refractivity (Wildman–Crippen MR) is 89.1 cm³/mol. The van der Waals surface area contributed by atoms with Gasteiger partial charge in [-0.1, -0.05) is 25.3 Å². The molecule has 1 aliphatic carbocycles. The highest BCUT2D eigenvalue weighted by Crippen LogP contribution is 2.41. The highest BCUT2D eigenvalue weighted by Gasteiger charge is 2.37. The van der Waals surface area contributed by atoms with Crippen molar-refractivity contribution in [1.82, 2.24) is 4.98 Å². The van der Waals surface area contributed by atoms with E-state index in [0.29, 0.717) is 11.5 Å². The summed E-state index contributed by atoms with van der Waals surface area (Å²) in [7, 11) is -3.96. The molecule has 136 valence electrons. The molecule has 1 atom stereocenters. The van der Waals surface area contributed by atoms with E-state index >= 15 is 0 Å². The Morgan fingerprint density at radius 1 is 1.24 bits per heavy atom. The van der Waals surface area contributed by atoms with Gasteiger partial charge in [-0.2, -0.15) is 13.2 Å². The zero-order valence-electron chi connectivity index (χ0n) is 13.8. The number of nitrogens with one attached hydrogen (secondary N) is 1. The average molecular weight is 371 g/mol. The molecule has 3 nitrogen and oxygen atoms in total. The number of sulfone groups is 1. The van der Waals surface area contributed by atoms with Crippen molar-refractivity contribution in [2.45, 2.75) is 42.7 Å². The number of aromatic amines is 1. The predicted octanol–water partition coefficient (Wildman–Crippen LogP) is 4.76. The molecule has 2 aromatic rings. The third-order valence-corrected chi connectivity index (χ3v) is 6.06. The Labute approximate surface area is 145 Å². The number of halogens is 3. The summed E-state index contributed by atoms with van der Waals surface area (Å²) in [6, 6.07) is 7.28. The van der Waals surface area contributed by atoms with Gasteiger partial charge in [-0.25, -0.2) is 8.42 Å². The lowest BCUT2D eigenvalue weighted by Crippen LogP contribution is -2.18. The highest BCUT2D eigenvalue weighted by molar-refractivity contribution is 7.90. The number of benzene rings is 1. The minimum atomic E-state index is -4.72. The molecule has 0 saturated heterocycles. The molecule has 1 saturated carbocycles. The SMILES string of the molecule is CS(=O)(=O)c1ccc(C(CC2CCC2)c2ccc[nH]2)cc1C(F)(F)F. The topological polar surface area (TPSA) is 49.9 Å². The van der Waals surface area contributed by atoms with Crippen molar-refractivity contribution in [3.63, 3.8) is 0 Å². The van der Waals surface area contributed by atoms with Crippen LogP contribution in [0.15, 0.2) is 41.4 Å². The first-order chi connectivity index (χ1) is 11.7. The quantitative estimate of drug-likeness (QED) is 0.824. The molecule has 1 aromatic heterocycles. The van der Waals surface area contributed by atoms with Crippen LogP contribution in [0.2, 0.25) is 0 Å². The van der Waals surface area contributed by atoms with Gasteiger partial charge in [-0.05, 0) is 42.2 Å². The maximum atomic E-state index is 13.4. The van der Waals surface area contributed by atoms with Crippen LogP contribution < -0.4 is 0 Å². The van der Waals surface area contributed by atoms with Gasteiger partial charge >= 0.3 is 6.18 Å². The molecular weight excluding hydrogens is 351 g/mol. The van der Waals surface area contributed by atoms with Crippen molar-refractivity contribution in [3.05, 3.63) is 53.3 Å². The van der Waals surface area contributed by atoms with Crippen molar-refractivity contribution in [3.8, 4) is 0 Å². The monoisotopic (exact) mass is 371 g/mol. The molecule has 3 rings (SSSR count). The molecule has 0 radical (unpaired) electrons. The fourth-order valence-electron chi connectivity index (χ4n) is 3.37. The standard InChI is InChI=1S/C18H20F3NO2S/c1-25(23,24)17-8-7-13(11-15(17)18(19,20)21)14(10-12-4-2-5-12)16-6-3-9-22-16/h3,6-9,11-12,14,22H,2,4-5,10H2,1H3. The van der Waals surface area contributed by atoms with E-state index in [1.807, 2.05) is 12.1 Å². The second-order valence-electron chi connectivity index (χ2n) is 6.74. The van der Waals surface area contributed by atoms with Gasteiger partial charge in [0.25, 0.3) is 0 Å². The molecule has 0 amide bonds. The molecule has 0 aliphatic heterocycles. The normalized spacial score (nSPS) is 17.3. The first-order valence-corrected chi connectivity index (χ1v) is 10.1. The summed E-state index contributed by atoms with van der Waals surface area (Å²) in [5.74, 6) is 0.298. The Kier molecular flexibility index (Phi) is 4.70. The van der Waals surface area contributed by atoms with Crippen LogP contribution >= 0.6 is 0 Å². The molecule has 0 bridgehead atoms. The Hall–Kier alpha value is -1.76. The third-order valence-electron chi connectivity index (χ3n) is 4.90. The summed E-state index contributed by atoms with van der Waals surface area (Å²) >= 11 is 0. The van der Waals surface area contributed by atoms with Crippen LogP contribution in [0.1, 0.15) is 48.4 Å². The van der Waals surface area contributed by atoms with Gasteiger partial charge in [0, 0.05) is 24.1 Å². The summed E-state index contributed by atoms with van der Waals surface area (Å²) in [5.41, 5.74) is 0.263. The lowest BCUT2D eigenvalue weighted by molar-refractivity contribution is -0.139. The van der Waals surface area contributed by atoms with Crippen molar-refractivity contribution in [2.24, 2.45) is 5.92 Å². The summed E-state index contributed by atoms with van der Waals surface area (Å²) in [4.78, 5) is 2.42. The van der Waals surface area contributed by atoms with E-state index in [9.17, 15) is 21.6 Å². The van der Waals surface area contributed by atoms with Gasteiger partial charge in [0.05, 0.1) is 10.5 Å². The lowest BCUT2D eigenvalue weighted by Gasteiger charge is -2.30. The fourth-order valence-corrected chi connectivity index (χ4v) is 4.26. The molecule has 0 spiro atoms. The molecule has 1 heterocycles. The molecule has 25 heavy (non-hydrogen) atoms. The first-order valence-electron chi connectivity index (χ1n) is 8.21. The largest absolute Gasteiger partial charge is 0.417 e. The van der Waals surface area contributed by atoms with Crippen LogP contribution in [0, 0.1) is 5.92 Å². The molecule has 1 unspecified atom stereocenters. The van der Waals surface area contributed by atoms with Crippen molar-refractivity contribution < 1.29 is 21.6 Å². The number of alkyl halides is 3. The van der Waals surface area contributed by atoms with Gasteiger partial charge in [-0.15, -0.1) is 0 Å². The van der Waals surface area contributed by atoms with Gasteiger partial charge in [0.15, 0.2) is 9.84 Å². The van der Waals surface area contributed by atoms with E-state index in [0.717, 1.165) is 49.8 Å². The zero-order chi connectivity index (χ0) is 18.2. The van der Waals surface area contributed by atoms with E-state index in [1.54, 1.807) is 6.20 Å². The van der Waals surface area contributed by atoms with Gasteiger partial charge in [-0.3, -0.25) is 0 Å². The maximum absolute atomic E-state index is 13.4. The van der Waals surface area contributed by atoms with Crippen molar-refractivity contribution >= 4 is 9.84 Å². The number of hydrogen-bond acceptors (Lipinski definition) is 2. The highest BCUT2D eigenvalue weighted by atomic mass is 32.2. The number of aromatic nitrogens is 1. The molecule has 1 fully saturated rings. The fraction of sp³-hybridized carbons (Fsp3) is 0.444. The molecular formula is C18H20F3NO2S. The second-order valence-corrected chi connectivity index (χ2v) is 8.72. The van der Waals surface area contributed by atoms with E-state index in [4.69, 9.17) is 0 Å². The Morgan fingerprint density at radius 3 is 2.44 bits per heavy atom. The van der Waals surface area contributed by atoms with E-state index in [1.165, 1.54) is 6.07 Å². The summed E-state index contributed by atoms with van der Waals surface area (Å²) in [6.45, 7) is 0. The number of rotatable bonds is 5. The zero-order valence-corrected chi connectivity index (χ0v) is 14.6. The Morgan fingerprint density at radius 2 is 1.96 bits per heavy atom.